The molecule has 0 unspecified atom stereocenters. The van der Waals surface area contributed by atoms with E-state index < -0.39 is 11.4 Å². The summed E-state index contributed by atoms with van der Waals surface area (Å²) < 4.78 is 10.2. The Kier molecular flexibility index (Phi) is 5.14. The molecule has 0 fully saturated rings. The van der Waals surface area contributed by atoms with Crippen LogP contribution >= 0.6 is 0 Å². The van der Waals surface area contributed by atoms with Gasteiger partial charge in [-0.25, -0.2) is 0 Å². The number of amides is 1. The number of benzene rings is 1. The van der Waals surface area contributed by atoms with Crippen molar-refractivity contribution in [3.63, 3.8) is 0 Å². The molecule has 6 heteroatoms. The Morgan fingerprint density at radius 3 is 2.37 bits per heavy atom. The minimum Gasteiger partial charge on any atom is -0.497 e. The van der Waals surface area contributed by atoms with Gasteiger partial charge in [0.15, 0.2) is 0 Å². The summed E-state index contributed by atoms with van der Waals surface area (Å²) in [4.78, 5) is 12.1. The summed E-state index contributed by atoms with van der Waals surface area (Å²) in [5, 5.41) is 20.9. The van der Waals surface area contributed by atoms with E-state index in [1.54, 1.807) is 25.1 Å². The van der Waals surface area contributed by atoms with Crippen molar-refractivity contribution in [2.24, 2.45) is 0 Å². The normalized spacial score (nSPS) is 11.0. The summed E-state index contributed by atoms with van der Waals surface area (Å²) in [5.74, 6) is 0.487. The van der Waals surface area contributed by atoms with Crippen molar-refractivity contribution < 1.29 is 24.5 Å². The van der Waals surface area contributed by atoms with Crippen LogP contribution in [0.1, 0.15) is 17.3 Å². The predicted octanol–water partition coefficient (Wildman–Crippen LogP) is 0.177. The molecule has 0 atom stereocenters. The van der Waals surface area contributed by atoms with Gasteiger partial charge >= 0.3 is 0 Å². The molecule has 3 N–H and O–H groups in total. The molecule has 0 aliphatic heterocycles. The van der Waals surface area contributed by atoms with E-state index in [2.05, 4.69) is 5.32 Å². The lowest BCUT2D eigenvalue weighted by atomic mass is 10.0. The highest BCUT2D eigenvalue weighted by atomic mass is 16.5. The molecule has 1 rings (SSSR count). The molecule has 0 heterocycles. The number of aliphatic hydroxyl groups is 2. The van der Waals surface area contributed by atoms with Crippen LogP contribution in [0.15, 0.2) is 18.2 Å². The van der Waals surface area contributed by atoms with E-state index in [0.717, 1.165) is 0 Å². The van der Waals surface area contributed by atoms with E-state index in [1.165, 1.54) is 14.2 Å². The molecule has 1 amide bonds. The number of rotatable bonds is 6. The van der Waals surface area contributed by atoms with E-state index >= 15 is 0 Å². The largest absolute Gasteiger partial charge is 0.497 e. The summed E-state index contributed by atoms with van der Waals surface area (Å²) in [7, 11) is 2.96. The molecule has 0 radical (unpaired) electrons. The van der Waals surface area contributed by atoms with Crippen molar-refractivity contribution in [1.29, 1.82) is 0 Å². The van der Waals surface area contributed by atoms with Gasteiger partial charge in [-0.3, -0.25) is 4.79 Å². The van der Waals surface area contributed by atoms with Crippen molar-refractivity contribution in [3.8, 4) is 11.5 Å². The SMILES string of the molecule is COc1ccc(C(=O)NC(C)(CO)CO)c(OC)c1. The van der Waals surface area contributed by atoms with Gasteiger partial charge in [0, 0.05) is 6.07 Å². The van der Waals surface area contributed by atoms with Crippen LogP contribution in [0.2, 0.25) is 0 Å². The molecule has 1 aromatic rings. The number of hydrogen-bond donors (Lipinski definition) is 3. The number of carbonyl (C=O) groups excluding carboxylic acids is 1. The third-order valence-electron chi connectivity index (χ3n) is 2.77. The van der Waals surface area contributed by atoms with Crippen LogP contribution in [-0.4, -0.2) is 49.1 Å². The Hall–Kier alpha value is -1.79. The highest BCUT2D eigenvalue weighted by Gasteiger charge is 2.26. The van der Waals surface area contributed by atoms with Crippen LogP contribution in [0.3, 0.4) is 0 Å². The average Bonchev–Trinajstić information content (AvgIpc) is 2.46. The minimum atomic E-state index is -1.08. The topological polar surface area (TPSA) is 88.0 Å². The molecule has 0 saturated heterocycles. The van der Waals surface area contributed by atoms with E-state index in [-0.39, 0.29) is 13.2 Å². The predicted molar refractivity (Wildman–Crippen MR) is 69.6 cm³/mol. The Bertz CT molecular complexity index is 443. The first-order chi connectivity index (χ1) is 8.99. The van der Waals surface area contributed by atoms with Crippen molar-refractivity contribution in [2.45, 2.75) is 12.5 Å². The van der Waals surface area contributed by atoms with Crippen LogP contribution in [0.25, 0.3) is 0 Å². The molecular formula is C13H19NO5. The second-order valence-corrected chi connectivity index (χ2v) is 4.40. The maximum atomic E-state index is 12.1. The van der Waals surface area contributed by atoms with Crippen molar-refractivity contribution in [1.82, 2.24) is 5.32 Å². The van der Waals surface area contributed by atoms with E-state index in [9.17, 15) is 4.79 Å². The summed E-state index contributed by atoms with van der Waals surface area (Å²) in [6.45, 7) is 0.808. The van der Waals surface area contributed by atoms with Crippen molar-refractivity contribution in [2.75, 3.05) is 27.4 Å². The molecule has 0 aliphatic carbocycles. The van der Waals surface area contributed by atoms with Gasteiger partial charge in [-0.2, -0.15) is 0 Å². The lowest BCUT2D eigenvalue weighted by Gasteiger charge is -2.26. The Balaban J connectivity index is 2.99. The fraction of sp³-hybridized carbons (Fsp3) is 0.462. The number of nitrogens with one attached hydrogen (secondary N) is 1. The standard InChI is InChI=1S/C13H19NO5/c1-13(7-15,8-16)14-12(17)10-5-4-9(18-2)6-11(10)19-3/h4-6,15-16H,7-8H2,1-3H3,(H,14,17). The van der Waals surface area contributed by atoms with Gasteiger partial charge in [-0.1, -0.05) is 0 Å². The molecule has 0 saturated carbocycles. The molecule has 6 nitrogen and oxygen atoms in total. The Morgan fingerprint density at radius 2 is 1.89 bits per heavy atom. The van der Waals surface area contributed by atoms with Gasteiger partial charge in [0.2, 0.25) is 0 Å². The molecule has 0 spiro atoms. The number of hydrogen-bond acceptors (Lipinski definition) is 5. The van der Waals surface area contributed by atoms with Crippen LogP contribution in [0.4, 0.5) is 0 Å². The maximum absolute atomic E-state index is 12.1. The van der Waals surface area contributed by atoms with Gasteiger partial charge in [0.1, 0.15) is 11.5 Å². The minimum absolute atomic E-state index is 0.302. The van der Waals surface area contributed by atoms with E-state index in [1.807, 2.05) is 0 Å². The van der Waals surface area contributed by atoms with Gasteiger partial charge in [0.25, 0.3) is 5.91 Å². The maximum Gasteiger partial charge on any atom is 0.255 e. The number of carbonyl (C=O) groups is 1. The van der Waals surface area contributed by atoms with Gasteiger partial charge in [-0.05, 0) is 19.1 Å². The van der Waals surface area contributed by atoms with E-state index in [0.29, 0.717) is 17.1 Å². The summed E-state index contributed by atoms with van der Waals surface area (Å²) in [5.41, 5.74) is -0.779. The second-order valence-electron chi connectivity index (χ2n) is 4.40. The van der Waals surface area contributed by atoms with Gasteiger partial charge in [0.05, 0.1) is 38.5 Å². The molecule has 0 aliphatic rings. The molecule has 0 bridgehead atoms. The van der Waals surface area contributed by atoms with Crippen molar-refractivity contribution >= 4 is 5.91 Å². The van der Waals surface area contributed by atoms with Gasteiger partial charge in [-0.15, -0.1) is 0 Å². The summed E-state index contributed by atoms with van der Waals surface area (Å²) >= 11 is 0. The first-order valence-corrected chi connectivity index (χ1v) is 5.76. The highest BCUT2D eigenvalue weighted by molar-refractivity contribution is 5.97. The lowest BCUT2D eigenvalue weighted by Crippen LogP contribution is -2.51. The number of aliphatic hydroxyl groups excluding tert-OH is 2. The van der Waals surface area contributed by atoms with Crippen LogP contribution in [0, 0.1) is 0 Å². The lowest BCUT2D eigenvalue weighted by molar-refractivity contribution is 0.0721. The molecule has 19 heavy (non-hydrogen) atoms. The van der Waals surface area contributed by atoms with E-state index in [4.69, 9.17) is 19.7 Å². The third-order valence-corrected chi connectivity index (χ3v) is 2.77. The smallest absolute Gasteiger partial charge is 0.255 e. The summed E-state index contributed by atoms with van der Waals surface area (Å²) in [6.07, 6.45) is 0. The Morgan fingerprint density at radius 1 is 1.26 bits per heavy atom. The third kappa shape index (κ3) is 3.59. The fourth-order valence-corrected chi connectivity index (χ4v) is 1.46. The van der Waals surface area contributed by atoms with Crippen LogP contribution in [0.5, 0.6) is 11.5 Å². The zero-order valence-corrected chi connectivity index (χ0v) is 11.3. The second kappa shape index (κ2) is 6.40. The molecule has 106 valence electrons. The van der Waals surface area contributed by atoms with Gasteiger partial charge < -0.3 is 25.0 Å². The monoisotopic (exact) mass is 269 g/mol. The Labute approximate surface area is 112 Å². The number of methoxy groups -OCH3 is 2. The first-order valence-electron chi connectivity index (χ1n) is 5.76. The molecule has 1 aromatic carbocycles. The zero-order valence-electron chi connectivity index (χ0n) is 11.3. The fourth-order valence-electron chi connectivity index (χ4n) is 1.46. The number of ether oxygens (including phenoxy) is 2. The average molecular weight is 269 g/mol. The van der Waals surface area contributed by atoms with Crippen molar-refractivity contribution in [3.05, 3.63) is 23.8 Å². The van der Waals surface area contributed by atoms with Crippen LogP contribution < -0.4 is 14.8 Å². The first kappa shape index (κ1) is 15.3. The molecular weight excluding hydrogens is 250 g/mol. The van der Waals surface area contributed by atoms with Crippen LogP contribution in [-0.2, 0) is 0 Å². The summed E-state index contributed by atoms with van der Waals surface area (Å²) in [6, 6.07) is 4.78. The highest BCUT2D eigenvalue weighted by Crippen LogP contribution is 2.24. The quantitative estimate of drug-likeness (QED) is 0.685. The zero-order chi connectivity index (χ0) is 14.5. The molecule has 0 aromatic heterocycles.